The molecular weight excluding hydrogens is 296 g/mol. The lowest BCUT2D eigenvalue weighted by molar-refractivity contribution is 0.385. The zero-order chi connectivity index (χ0) is 14.9. The number of benzene rings is 1. The van der Waals surface area contributed by atoms with Crippen LogP contribution in [0, 0.1) is 0 Å². The molecule has 1 fully saturated rings. The topological polar surface area (TPSA) is 77.8 Å². The van der Waals surface area contributed by atoms with Gasteiger partial charge in [0.05, 0.1) is 17.1 Å². The van der Waals surface area contributed by atoms with Crippen LogP contribution in [0.1, 0.15) is 40.9 Å². The molecule has 1 aliphatic carbocycles. The van der Waals surface area contributed by atoms with Crippen molar-refractivity contribution in [2.45, 2.75) is 31.7 Å². The summed E-state index contributed by atoms with van der Waals surface area (Å²) >= 11 is 1.73. The first-order valence-electron chi connectivity index (χ1n) is 7.38. The number of hydrogen-bond donors (Lipinski definition) is 1. The molecule has 1 saturated carbocycles. The molecule has 6 heteroatoms. The normalized spacial score (nSPS) is 14.4. The summed E-state index contributed by atoms with van der Waals surface area (Å²) in [6.45, 7) is 0.533. The third kappa shape index (κ3) is 2.80. The minimum Gasteiger partial charge on any atom is -0.339 e. The molecule has 1 aliphatic rings. The van der Waals surface area contributed by atoms with Gasteiger partial charge in [0, 0.05) is 23.4 Å². The van der Waals surface area contributed by atoms with Gasteiger partial charge in [-0.15, -0.1) is 11.3 Å². The maximum Gasteiger partial charge on any atom is 0.233 e. The van der Waals surface area contributed by atoms with E-state index in [1.807, 2.05) is 24.3 Å². The van der Waals surface area contributed by atoms with Crippen molar-refractivity contribution in [3.63, 3.8) is 0 Å². The molecule has 0 saturated heterocycles. The molecule has 0 amide bonds. The number of rotatable bonds is 5. The molecule has 5 nitrogen and oxygen atoms in total. The molecule has 0 unspecified atom stereocenters. The minimum absolute atomic E-state index is 0.533. The van der Waals surface area contributed by atoms with E-state index < -0.39 is 0 Å². The van der Waals surface area contributed by atoms with Crippen LogP contribution in [0.4, 0.5) is 0 Å². The second-order valence-corrected chi connectivity index (χ2v) is 6.43. The molecule has 2 aromatic heterocycles. The fourth-order valence-electron chi connectivity index (χ4n) is 2.31. The third-order valence-electron chi connectivity index (χ3n) is 3.74. The first-order valence-corrected chi connectivity index (χ1v) is 8.26. The van der Waals surface area contributed by atoms with E-state index in [9.17, 15) is 0 Å². The molecule has 0 aliphatic heterocycles. The predicted molar refractivity (Wildman–Crippen MR) is 84.5 cm³/mol. The van der Waals surface area contributed by atoms with E-state index in [0.29, 0.717) is 30.6 Å². The Labute approximate surface area is 132 Å². The third-order valence-corrected chi connectivity index (χ3v) is 4.80. The van der Waals surface area contributed by atoms with Gasteiger partial charge in [0.15, 0.2) is 0 Å². The van der Waals surface area contributed by atoms with Gasteiger partial charge in [-0.05, 0) is 18.4 Å². The summed E-state index contributed by atoms with van der Waals surface area (Å²) in [4.78, 5) is 9.11. The Morgan fingerprint density at radius 1 is 1.18 bits per heavy atom. The van der Waals surface area contributed by atoms with Crippen molar-refractivity contribution < 1.29 is 4.52 Å². The Balaban J connectivity index is 1.49. The summed E-state index contributed by atoms with van der Waals surface area (Å²) in [7, 11) is 0. The molecule has 2 heterocycles. The van der Waals surface area contributed by atoms with E-state index in [1.165, 1.54) is 17.8 Å². The van der Waals surface area contributed by atoms with E-state index in [2.05, 4.69) is 20.5 Å². The van der Waals surface area contributed by atoms with E-state index >= 15 is 0 Å². The molecule has 0 spiro atoms. The fraction of sp³-hybridized carbons (Fsp3) is 0.312. The van der Waals surface area contributed by atoms with Gasteiger partial charge in [-0.3, -0.25) is 0 Å². The van der Waals surface area contributed by atoms with Crippen LogP contribution in [-0.2, 0) is 13.0 Å². The number of thiazole rings is 1. The van der Waals surface area contributed by atoms with Crippen molar-refractivity contribution in [2.24, 2.45) is 5.73 Å². The first-order chi connectivity index (χ1) is 10.8. The Morgan fingerprint density at radius 2 is 2.00 bits per heavy atom. The molecule has 0 radical (unpaired) electrons. The first kappa shape index (κ1) is 13.6. The van der Waals surface area contributed by atoms with Crippen LogP contribution in [-0.4, -0.2) is 15.1 Å². The summed E-state index contributed by atoms with van der Waals surface area (Å²) in [6.07, 6.45) is 3.14. The van der Waals surface area contributed by atoms with Crippen molar-refractivity contribution >= 4 is 11.3 Å². The van der Waals surface area contributed by atoms with Crippen molar-refractivity contribution in [3.05, 3.63) is 51.8 Å². The van der Waals surface area contributed by atoms with Crippen LogP contribution >= 0.6 is 11.3 Å². The van der Waals surface area contributed by atoms with Crippen molar-refractivity contribution in [3.8, 4) is 11.4 Å². The lowest BCUT2D eigenvalue weighted by atomic mass is 10.1. The molecule has 0 atom stereocenters. The Morgan fingerprint density at radius 3 is 2.73 bits per heavy atom. The SMILES string of the molecule is NCc1ccc(-c2noc(Cc3csc(C4CC4)n3)n2)cc1. The maximum absolute atomic E-state index is 5.60. The predicted octanol–water partition coefficient (Wildman–Crippen LogP) is 3.12. The van der Waals surface area contributed by atoms with Gasteiger partial charge in [-0.1, -0.05) is 29.4 Å². The maximum atomic E-state index is 5.60. The van der Waals surface area contributed by atoms with Crippen LogP contribution in [0.2, 0.25) is 0 Å². The van der Waals surface area contributed by atoms with Crippen LogP contribution in [0.25, 0.3) is 11.4 Å². The molecular formula is C16H16N4OS. The van der Waals surface area contributed by atoms with Crippen molar-refractivity contribution in [1.82, 2.24) is 15.1 Å². The van der Waals surface area contributed by atoms with E-state index in [0.717, 1.165) is 16.8 Å². The highest BCUT2D eigenvalue weighted by Crippen LogP contribution is 2.41. The second kappa shape index (κ2) is 5.62. The smallest absolute Gasteiger partial charge is 0.233 e. The van der Waals surface area contributed by atoms with Crippen molar-refractivity contribution in [1.29, 1.82) is 0 Å². The highest BCUT2D eigenvalue weighted by molar-refractivity contribution is 7.09. The highest BCUT2D eigenvalue weighted by Gasteiger charge is 2.26. The van der Waals surface area contributed by atoms with Gasteiger partial charge in [0.2, 0.25) is 11.7 Å². The molecule has 3 aromatic rings. The Hall–Kier alpha value is -2.05. The summed E-state index contributed by atoms with van der Waals surface area (Å²) in [5.41, 5.74) is 8.64. The van der Waals surface area contributed by atoms with Crippen molar-refractivity contribution in [2.75, 3.05) is 0 Å². The average Bonchev–Trinajstić information content (AvgIpc) is 3.13. The number of nitrogens with zero attached hydrogens (tertiary/aromatic N) is 3. The number of hydrogen-bond acceptors (Lipinski definition) is 6. The second-order valence-electron chi connectivity index (χ2n) is 5.54. The quantitative estimate of drug-likeness (QED) is 0.783. The summed E-state index contributed by atoms with van der Waals surface area (Å²) in [5, 5.41) is 7.38. The van der Waals surface area contributed by atoms with Gasteiger partial charge in [0.25, 0.3) is 0 Å². The molecule has 22 heavy (non-hydrogen) atoms. The van der Waals surface area contributed by atoms with Gasteiger partial charge in [0.1, 0.15) is 0 Å². The lowest BCUT2D eigenvalue weighted by Crippen LogP contribution is -1.95. The standard InChI is InChI=1S/C16H16N4OS/c17-8-10-1-3-11(4-2-10)15-19-14(21-20-15)7-13-9-22-16(18-13)12-5-6-12/h1-4,9,12H,5-8,17H2. The molecule has 112 valence electrons. The summed E-state index contributed by atoms with van der Waals surface area (Å²) < 4.78 is 5.34. The largest absolute Gasteiger partial charge is 0.339 e. The van der Waals surface area contributed by atoms with Gasteiger partial charge in [-0.25, -0.2) is 4.98 Å². The number of aromatic nitrogens is 3. The van der Waals surface area contributed by atoms with Gasteiger partial charge < -0.3 is 10.3 Å². The molecule has 4 rings (SSSR count). The number of nitrogens with two attached hydrogens (primary N) is 1. The van der Waals surface area contributed by atoms with E-state index in [1.54, 1.807) is 11.3 Å². The minimum atomic E-state index is 0.533. The Bertz CT molecular complexity index is 774. The summed E-state index contributed by atoms with van der Waals surface area (Å²) in [6, 6.07) is 7.89. The zero-order valence-corrected chi connectivity index (χ0v) is 12.8. The van der Waals surface area contributed by atoms with Gasteiger partial charge >= 0.3 is 0 Å². The fourth-order valence-corrected chi connectivity index (χ4v) is 3.30. The molecule has 0 bridgehead atoms. The van der Waals surface area contributed by atoms with Crippen LogP contribution in [0.5, 0.6) is 0 Å². The average molecular weight is 312 g/mol. The Kier molecular flexibility index (Phi) is 3.48. The molecule has 1 aromatic carbocycles. The van der Waals surface area contributed by atoms with E-state index in [4.69, 9.17) is 10.3 Å². The van der Waals surface area contributed by atoms with Crippen LogP contribution < -0.4 is 5.73 Å². The molecule has 2 N–H and O–H groups in total. The van der Waals surface area contributed by atoms with Gasteiger partial charge in [-0.2, -0.15) is 4.98 Å². The monoisotopic (exact) mass is 312 g/mol. The summed E-state index contributed by atoms with van der Waals surface area (Å²) in [5.74, 6) is 1.90. The lowest BCUT2D eigenvalue weighted by Gasteiger charge is -1.97. The zero-order valence-electron chi connectivity index (χ0n) is 12.0. The highest BCUT2D eigenvalue weighted by atomic mass is 32.1. The van der Waals surface area contributed by atoms with Crippen LogP contribution in [0.3, 0.4) is 0 Å². The van der Waals surface area contributed by atoms with E-state index in [-0.39, 0.29) is 0 Å². The van der Waals surface area contributed by atoms with Crippen LogP contribution in [0.15, 0.2) is 34.2 Å².